The van der Waals surface area contributed by atoms with Gasteiger partial charge in [-0.2, -0.15) is 0 Å². The van der Waals surface area contributed by atoms with Gasteiger partial charge < -0.3 is 0 Å². The Kier molecular flexibility index (Phi) is 3.11. The van der Waals surface area contributed by atoms with Gasteiger partial charge in [-0.05, 0) is 32.9 Å². The highest BCUT2D eigenvalue weighted by atomic mass is 16.9. The summed E-state index contributed by atoms with van der Waals surface area (Å²) in [7, 11) is 0. The molecule has 0 N–H and O–H groups in total. The molecule has 0 aromatic rings. The Morgan fingerprint density at radius 1 is 1.44 bits per heavy atom. The average Bonchev–Trinajstić information content (AvgIpc) is 1.64. The van der Waals surface area contributed by atoms with E-state index in [2.05, 4.69) is 4.84 Å². The van der Waals surface area contributed by atoms with Crippen molar-refractivity contribution < 1.29 is 10.0 Å². The second-order valence-corrected chi connectivity index (χ2v) is 2.85. The SMILES string of the molecule is CCON([O])C(C)(C)C. The lowest BCUT2D eigenvalue weighted by atomic mass is 10.1. The molecule has 9 heavy (non-hydrogen) atoms. The molecule has 0 aliphatic rings. The third kappa shape index (κ3) is 3.46. The van der Waals surface area contributed by atoms with E-state index in [1.54, 1.807) is 27.7 Å². The van der Waals surface area contributed by atoms with Crippen LogP contribution in [0.4, 0.5) is 0 Å². The summed E-state index contributed by atoms with van der Waals surface area (Å²) in [5.74, 6) is 0. The molecule has 0 amide bonds. The van der Waals surface area contributed by atoms with Gasteiger partial charge in [-0.15, -0.1) is 0 Å². The molecule has 0 unspecified atom stereocenters. The second kappa shape index (κ2) is 3.15. The summed E-state index contributed by atoms with van der Waals surface area (Å²) >= 11 is 0. The van der Waals surface area contributed by atoms with Crippen molar-refractivity contribution in [2.24, 2.45) is 0 Å². The molecule has 55 valence electrons. The Morgan fingerprint density at radius 2 is 1.89 bits per heavy atom. The van der Waals surface area contributed by atoms with Crippen molar-refractivity contribution in [2.45, 2.75) is 33.2 Å². The summed E-state index contributed by atoms with van der Waals surface area (Å²) in [4.78, 5) is 4.68. The topological polar surface area (TPSA) is 32.4 Å². The summed E-state index contributed by atoms with van der Waals surface area (Å²) in [6, 6.07) is 0. The molecule has 0 aliphatic heterocycles. The Labute approximate surface area is 56.1 Å². The van der Waals surface area contributed by atoms with Gasteiger partial charge in [0.05, 0.1) is 12.1 Å². The summed E-state index contributed by atoms with van der Waals surface area (Å²) in [5, 5.41) is 11.4. The normalized spacial score (nSPS) is 12.7. The highest BCUT2D eigenvalue weighted by Gasteiger charge is 2.20. The molecule has 0 atom stereocenters. The molecule has 0 aliphatic carbocycles. The number of rotatable bonds is 2. The Bertz CT molecular complexity index is 77.6. The third-order valence-corrected chi connectivity index (χ3v) is 0.794. The van der Waals surface area contributed by atoms with Crippen LogP contribution in [0.2, 0.25) is 0 Å². The standard InChI is InChI=1S/C6H14NO2/c1-5-9-7(8)6(2,3)4/h5H2,1-4H3. The maximum Gasteiger partial charge on any atom is 0.0684 e. The van der Waals surface area contributed by atoms with Gasteiger partial charge in [0.25, 0.3) is 0 Å². The minimum atomic E-state index is -0.435. The first kappa shape index (κ1) is 8.88. The molecule has 0 fully saturated rings. The molecule has 0 rings (SSSR count). The Morgan fingerprint density at radius 3 is 2.00 bits per heavy atom. The molecule has 3 heteroatoms. The fraction of sp³-hybridized carbons (Fsp3) is 1.00. The fourth-order valence-electron chi connectivity index (χ4n) is 0.311. The monoisotopic (exact) mass is 132 g/mol. The summed E-state index contributed by atoms with van der Waals surface area (Å²) < 4.78 is 0. The smallest absolute Gasteiger partial charge is 0.0684 e. The molecular formula is C6H14NO2. The number of hydroxylamine groups is 2. The van der Waals surface area contributed by atoms with E-state index in [1.165, 1.54) is 0 Å². The van der Waals surface area contributed by atoms with E-state index in [0.717, 1.165) is 0 Å². The zero-order valence-corrected chi connectivity index (χ0v) is 6.47. The van der Waals surface area contributed by atoms with E-state index in [-0.39, 0.29) is 0 Å². The van der Waals surface area contributed by atoms with Crippen LogP contribution < -0.4 is 0 Å². The highest BCUT2D eigenvalue weighted by Crippen LogP contribution is 2.09. The maximum absolute atomic E-state index is 10.8. The van der Waals surface area contributed by atoms with Gasteiger partial charge in [0.2, 0.25) is 0 Å². The highest BCUT2D eigenvalue weighted by molar-refractivity contribution is 4.62. The maximum atomic E-state index is 10.8. The van der Waals surface area contributed by atoms with Crippen molar-refractivity contribution in [3.05, 3.63) is 0 Å². The zero-order chi connectivity index (χ0) is 7.49. The van der Waals surface area contributed by atoms with Gasteiger partial charge in [-0.3, -0.25) is 4.84 Å². The lowest BCUT2D eigenvalue weighted by Gasteiger charge is -2.24. The van der Waals surface area contributed by atoms with Gasteiger partial charge in [-0.1, -0.05) is 5.21 Å². The van der Waals surface area contributed by atoms with Crippen LogP contribution in [0.5, 0.6) is 0 Å². The van der Waals surface area contributed by atoms with Crippen LogP contribution in [0, 0.1) is 0 Å². The molecule has 0 saturated heterocycles. The zero-order valence-electron chi connectivity index (χ0n) is 6.47. The van der Waals surface area contributed by atoms with Crippen LogP contribution in [0.15, 0.2) is 0 Å². The van der Waals surface area contributed by atoms with Crippen molar-refractivity contribution in [3.8, 4) is 0 Å². The van der Waals surface area contributed by atoms with Crippen LogP contribution >= 0.6 is 0 Å². The first-order valence-electron chi connectivity index (χ1n) is 3.08. The molecule has 0 heterocycles. The van der Waals surface area contributed by atoms with Crippen LogP contribution in [0.25, 0.3) is 0 Å². The number of hydrogen-bond acceptors (Lipinski definition) is 2. The van der Waals surface area contributed by atoms with Gasteiger partial charge >= 0.3 is 0 Å². The number of nitrogens with zero attached hydrogens (tertiary/aromatic N) is 1. The minimum Gasteiger partial charge on any atom is -0.272 e. The molecule has 0 spiro atoms. The van der Waals surface area contributed by atoms with Crippen molar-refractivity contribution in [2.75, 3.05) is 6.61 Å². The van der Waals surface area contributed by atoms with Crippen LogP contribution in [0.3, 0.4) is 0 Å². The Balaban J connectivity index is 3.59. The summed E-state index contributed by atoms with van der Waals surface area (Å²) in [6.45, 7) is 7.62. The first-order chi connectivity index (χ1) is 3.98. The lowest BCUT2D eigenvalue weighted by molar-refractivity contribution is -0.414. The largest absolute Gasteiger partial charge is 0.272 e. The molecule has 3 nitrogen and oxygen atoms in total. The molecule has 0 bridgehead atoms. The predicted molar refractivity (Wildman–Crippen MR) is 33.9 cm³/mol. The van der Waals surface area contributed by atoms with Crippen molar-refractivity contribution in [1.82, 2.24) is 5.23 Å². The quantitative estimate of drug-likeness (QED) is 0.532. The molecule has 0 saturated carbocycles. The van der Waals surface area contributed by atoms with E-state index in [9.17, 15) is 5.21 Å². The van der Waals surface area contributed by atoms with E-state index in [0.29, 0.717) is 11.8 Å². The summed E-state index contributed by atoms with van der Waals surface area (Å²) in [6.07, 6.45) is 0. The van der Waals surface area contributed by atoms with E-state index in [4.69, 9.17) is 0 Å². The minimum absolute atomic E-state index is 0.431. The van der Waals surface area contributed by atoms with Crippen LogP contribution in [0.1, 0.15) is 27.7 Å². The number of hydrogen-bond donors (Lipinski definition) is 0. The second-order valence-electron chi connectivity index (χ2n) is 2.85. The lowest BCUT2D eigenvalue weighted by Crippen LogP contribution is -2.37. The average molecular weight is 132 g/mol. The third-order valence-electron chi connectivity index (χ3n) is 0.794. The fourth-order valence-corrected chi connectivity index (χ4v) is 0.311. The van der Waals surface area contributed by atoms with Crippen molar-refractivity contribution in [3.63, 3.8) is 0 Å². The van der Waals surface area contributed by atoms with E-state index in [1.807, 2.05) is 0 Å². The predicted octanol–water partition coefficient (Wildman–Crippen LogP) is 1.38. The van der Waals surface area contributed by atoms with Crippen LogP contribution in [-0.4, -0.2) is 17.4 Å². The Hall–Kier alpha value is -0.120. The van der Waals surface area contributed by atoms with Gasteiger partial charge in [0.1, 0.15) is 0 Å². The molecule has 0 aromatic carbocycles. The van der Waals surface area contributed by atoms with E-state index >= 15 is 0 Å². The van der Waals surface area contributed by atoms with E-state index < -0.39 is 5.54 Å². The first-order valence-corrected chi connectivity index (χ1v) is 3.08. The van der Waals surface area contributed by atoms with Crippen molar-refractivity contribution >= 4 is 0 Å². The summed E-state index contributed by atoms with van der Waals surface area (Å²) in [5.41, 5.74) is -0.435. The van der Waals surface area contributed by atoms with Crippen LogP contribution in [-0.2, 0) is 10.0 Å². The van der Waals surface area contributed by atoms with Gasteiger partial charge in [0.15, 0.2) is 0 Å². The van der Waals surface area contributed by atoms with Gasteiger partial charge in [-0.25, -0.2) is 0 Å². The van der Waals surface area contributed by atoms with Crippen molar-refractivity contribution in [1.29, 1.82) is 0 Å². The molecular weight excluding hydrogens is 118 g/mol. The van der Waals surface area contributed by atoms with Gasteiger partial charge in [0, 0.05) is 0 Å². The molecule has 1 radical (unpaired) electrons. The molecule has 0 aromatic heterocycles.